The van der Waals surface area contributed by atoms with Crippen molar-refractivity contribution < 1.29 is 13.2 Å². The molecule has 26 heavy (non-hydrogen) atoms. The smallest absolute Gasteiger partial charge is 0.152 e. The lowest BCUT2D eigenvalue weighted by molar-refractivity contribution is 0.415. The predicted molar refractivity (Wildman–Crippen MR) is 103 cm³/mol. The first kappa shape index (κ1) is 18.4. The Kier molecular flexibility index (Phi) is 5.31. The average Bonchev–Trinajstić information content (AvgIpc) is 2.95. The number of hydrogen-bond donors (Lipinski definition) is 1. The van der Waals surface area contributed by atoms with Crippen LogP contribution in [0.2, 0.25) is 0 Å². The third-order valence-electron chi connectivity index (χ3n) is 4.47. The van der Waals surface area contributed by atoms with Crippen molar-refractivity contribution in [2.75, 3.05) is 35.4 Å². The molecule has 0 aliphatic carbocycles. The first-order valence-corrected chi connectivity index (χ1v) is 10.5. The molecule has 0 saturated carbocycles. The summed E-state index contributed by atoms with van der Waals surface area (Å²) >= 11 is 0. The summed E-state index contributed by atoms with van der Waals surface area (Å²) in [5, 5.41) is 3.27. The van der Waals surface area contributed by atoms with Crippen LogP contribution in [-0.2, 0) is 9.84 Å². The van der Waals surface area contributed by atoms with Gasteiger partial charge in [0, 0.05) is 24.3 Å². The first-order valence-electron chi connectivity index (χ1n) is 8.64. The number of benzene rings is 1. The summed E-state index contributed by atoms with van der Waals surface area (Å²) in [5.41, 5.74) is 0.890. The molecule has 140 valence electrons. The van der Waals surface area contributed by atoms with Crippen LogP contribution in [-0.4, -0.2) is 49.6 Å². The van der Waals surface area contributed by atoms with Crippen LogP contribution in [0, 0.1) is 6.92 Å². The van der Waals surface area contributed by atoms with E-state index < -0.39 is 9.84 Å². The normalized spacial score (nSPS) is 18.5. The highest BCUT2D eigenvalue weighted by atomic mass is 32.2. The maximum absolute atomic E-state index is 11.8. The molecule has 0 amide bonds. The molecular weight excluding hydrogens is 352 g/mol. The summed E-state index contributed by atoms with van der Waals surface area (Å²) < 4.78 is 28.8. The van der Waals surface area contributed by atoms with E-state index in [9.17, 15) is 8.42 Å². The highest BCUT2D eigenvalue weighted by molar-refractivity contribution is 7.91. The maximum atomic E-state index is 11.8. The predicted octanol–water partition coefficient (Wildman–Crippen LogP) is 2.55. The van der Waals surface area contributed by atoms with Gasteiger partial charge >= 0.3 is 0 Å². The van der Waals surface area contributed by atoms with Crippen LogP contribution in [0.5, 0.6) is 5.75 Å². The summed E-state index contributed by atoms with van der Waals surface area (Å²) in [4.78, 5) is 11.0. The number of nitrogens with one attached hydrogen (secondary N) is 1. The molecule has 1 atom stereocenters. The van der Waals surface area contributed by atoms with Crippen LogP contribution in [0.15, 0.2) is 30.3 Å². The Hall–Kier alpha value is -2.35. The van der Waals surface area contributed by atoms with Gasteiger partial charge in [-0.1, -0.05) is 0 Å². The molecule has 1 saturated heterocycles. The second-order valence-corrected chi connectivity index (χ2v) is 8.58. The van der Waals surface area contributed by atoms with Crippen molar-refractivity contribution in [2.24, 2.45) is 0 Å². The Morgan fingerprint density at radius 2 is 2.00 bits per heavy atom. The molecule has 1 aliphatic rings. The zero-order valence-corrected chi connectivity index (χ0v) is 16.1. The first-order chi connectivity index (χ1) is 12.4. The van der Waals surface area contributed by atoms with Gasteiger partial charge in [-0.15, -0.1) is 0 Å². The second-order valence-electron chi connectivity index (χ2n) is 6.35. The Labute approximate surface area is 154 Å². The Bertz CT molecular complexity index is 869. The molecular formula is C18H24N4O3S. The fourth-order valence-electron chi connectivity index (χ4n) is 3.21. The maximum Gasteiger partial charge on any atom is 0.152 e. The molecule has 0 radical (unpaired) electrons. The van der Waals surface area contributed by atoms with Gasteiger partial charge in [0.15, 0.2) is 9.84 Å². The Morgan fingerprint density at radius 3 is 2.58 bits per heavy atom. The minimum atomic E-state index is -2.95. The van der Waals surface area contributed by atoms with E-state index in [1.54, 1.807) is 7.11 Å². The summed E-state index contributed by atoms with van der Waals surface area (Å²) in [7, 11) is -1.32. The minimum Gasteiger partial charge on any atom is -0.497 e. The van der Waals surface area contributed by atoms with Crippen molar-refractivity contribution in [3.8, 4) is 5.75 Å². The van der Waals surface area contributed by atoms with E-state index in [2.05, 4.69) is 20.2 Å². The number of aromatic nitrogens is 2. The molecule has 8 heteroatoms. The van der Waals surface area contributed by atoms with E-state index in [0.29, 0.717) is 24.6 Å². The number of anilines is 3. The van der Waals surface area contributed by atoms with Gasteiger partial charge in [-0.3, -0.25) is 0 Å². The molecule has 7 nitrogen and oxygen atoms in total. The molecule has 1 aromatic carbocycles. The fourth-order valence-corrected chi connectivity index (χ4v) is 4.94. The molecule has 3 rings (SSSR count). The number of rotatable bonds is 6. The van der Waals surface area contributed by atoms with Crippen LogP contribution in [0.3, 0.4) is 0 Å². The molecule has 0 spiro atoms. The summed E-state index contributed by atoms with van der Waals surface area (Å²) in [6.45, 7) is 4.54. The van der Waals surface area contributed by atoms with Crippen LogP contribution >= 0.6 is 0 Å². The largest absolute Gasteiger partial charge is 0.497 e. The lowest BCUT2D eigenvalue weighted by atomic mass is 10.2. The summed E-state index contributed by atoms with van der Waals surface area (Å²) in [6, 6.07) is 9.41. The zero-order chi connectivity index (χ0) is 18.7. The molecule has 1 N–H and O–H groups in total. The highest BCUT2D eigenvalue weighted by Gasteiger charge is 2.32. The third-order valence-corrected chi connectivity index (χ3v) is 6.22. The van der Waals surface area contributed by atoms with E-state index >= 15 is 0 Å². The van der Waals surface area contributed by atoms with Crippen LogP contribution in [0.1, 0.15) is 19.2 Å². The standard InChI is InChI=1S/C18H24N4O3S/c1-4-22(15-9-10-26(23,24)12-15)18-11-17(19-13(2)20-18)21-14-5-7-16(25-3)8-6-14/h5-8,11,15H,4,9-10,12H2,1-3H3,(H,19,20,21). The number of sulfone groups is 1. The van der Waals surface area contributed by atoms with Gasteiger partial charge in [-0.2, -0.15) is 0 Å². The number of ether oxygens (including phenoxy) is 1. The van der Waals surface area contributed by atoms with Crippen molar-refractivity contribution in [3.63, 3.8) is 0 Å². The van der Waals surface area contributed by atoms with Crippen molar-refractivity contribution in [1.29, 1.82) is 0 Å². The topological polar surface area (TPSA) is 84.4 Å². The lowest BCUT2D eigenvalue weighted by Crippen LogP contribution is -2.36. The van der Waals surface area contributed by atoms with E-state index in [1.807, 2.05) is 44.2 Å². The van der Waals surface area contributed by atoms with E-state index in [1.165, 1.54) is 0 Å². The monoisotopic (exact) mass is 376 g/mol. The van der Waals surface area contributed by atoms with E-state index in [0.717, 1.165) is 17.3 Å². The minimum absolute atomic E-state index is 0.0341. The van der Waals surface area contributed by atoms with Crippen molar-refractivity contribution in [3.05, 3.63) is 36.2 Å². The van der Waals surface area contributed by atoms with Crippen LogP contribution < -0.4 is 15.0 Å². The van der Waals surface area contributed by atoms with Gasteiger partial charge in [0.2, 0.25) is 0 Å². The third kappa shape index (κ3) is 4.24. The quantitative estimate of drug-likeness (QED) is 0.829. The average molecular weight is 376 g/mol. The lowest BCUT2D eigenvalue weighted by Gasteiger charge is -2.28. The van der Waals surface area contributed by atoms with Gasteiger partial charge in [-0.25, -0.2) is 18.4 Å². The molecule has 2 heterocycles. The second kappa shape index (κ2) is 7.49. The fraction of sp³-hybridized carbons (Fsp3) is 0.444. The Morgan fingerprint density at radius 1 is 1.27 bits per heavy atom. The Balaban J connectivity index is 1.84. The molecule has 1 aromatic heterocycles. The van der Waals surface area contributed by atoms with Crippen molar-refractivity contribution >= 4 is 27.2 Å². The molecule has 2 aromatic rings. The van der Waals surface area contributed by atoms with Gasteiger partial charge in [0.05, 0.1) is 18.6 Å². The summed E-state index contributed by atoms with van der Waals surface area (Å²) in [5.74, 6) is 3.28. The van der Waals surface area contributed by atoms with E-state index in [4.69, 9.17) is 4.74 Å². The zero-order valence-electron chi connectivity index (χ0n) is 15.3. The van der Waals surface area contributed by atoms with E-state index in [-0.39, 0.29) is 17.5 Å². The van der Waals surface area contributed by atoms with Crippen molar-refractivity contribution in [1.82, 2.24) is 9.97 Å². The number of nitrogens with zero attached hydrogens (tertiary/aromatic N) is 3. The molecule has 1 fully saturated rings. The molecule has 0 bridgehead atoms. The van der Waals surface area contributed by atoms with Gasteiger partial charge < -0.3 is 15.0 Å². The van der Waals surface area contributed by atoms with Crippen LogP contribution in [0.25, 0.3) is 0 Å². The number of hydrogen-bond acceptors (Lipinski definition) is 7. The highest BCUT2D eigenvalue weighted by Crippen LogP contribution is 2.26. The van der Waals surface area contributed by atoms with Gasteiger partial charge in [0.1, 0.15) is 23.2 Å². The van der Waals surface area contributed by atoms with Gasteiger partial charge in [0.25, 0.3) is 0 Å². The van der Waals surface area contributed by atoms with Crippen LogP contribution in [0.4, 0.5) is 17.3 Å². The van der Waals surface area contributed by atoms with Gasteiger partial charge in [-0.05, 0) is 44.5 Å². The molecule has 1 aliphatic heterocycles. The SMILES string of the molecule is CCN(c1cc(Nc2ccc(OC)cc2)nc(C)n1)C1CCS(=O)(=O)C1. The number of methoxy groups -OCH3 is 1. The van der Waals surface area contributed by atoms with Crippen molar-refractivity contribution in [2.45, 2.75) is 26.3 Å². The number of aryl methyl sites for hydroxylation is 1. The molecule has 1 unspecified atom stereocenters. The summed E-state index contributed by atoms with van der Waals surface area (Å²) in [6.07, 6.45) is 0.639.